The van der Waals surface area contributed by atoms with Crippen LogP contribution in [0.2, 0.25) is 0 Å². The molecule has 0 aromatic carbocycles. The average molecular weight is 641 g/mol. The zero-order valence-corrected chi connectivity index (χ0v) is 26.8. The molecule has 0 spiro atoms. The summed E-state index contributed by atoms with van der Waals surface area (Å²) in [7, 11) is -7.02. The first-order valence-corrected chi connectivity index (χ1v) is 17.5. The summed E-state index contributed by atoms with van der Waals surface area (Å²) in [6.45, 7) is 9.23. The number of hydrogen-bond acceptors (Lipinski definition) is 14. The molecule has 41 heavy (non-hydrogen) atoms. The van der Waals surface area contributed by atoms with Gasteiger partial charge in [-0.1, -0.05) is 13.8 Å². The molecule has 0 fully saturated rings. The number of ether oxygens (including phenoxy) is 8. The third kappa shape index (κ3) is 29.4. The van der Waals surface area contributed by atoms with E-state index in [0.29, 0.717) is 39.6 Å². The normalized spacial score (nSPS) is 12.8. The first kappa shape index (κ1) is 40.5. The molecular formula is C25H52O14S2. The molecule has 0 unspecified atom stereocenters. The maximum Gasteiger partial charge on any atom is 0.264 e. The summed E-state index contributed by atoms with van der Waals surface area (Å²) < 4.78 is 98.7. The fraction of sp³-hybridized carbons (Fsp3) is 1.00. The van der Waals surface area contributed by atoms with Crippen LogP contribution < -0.4 is 0 Å². The number of hydrogen-bond donors (Lipinski definition) is 0. The van der Waals surface area contributed by atoms with Crippen LogP contribution in [-0.2, 0) is 66.5 Å². The van der Waals surface area contributed by atoms with E-state index in [2.05, 4.69) is 8.37 Å². The van der Waals surface area contributed by atoms with Crippen LogP contribution in [-0.4, -0.2) is 148 Å². The van der Waals surface area contributed by atoms with Gasteiger partial charge in [-0.15, -0.1) is 0 Å². The van der Waals surface area contributed by atoms with Crippen molar-refractivity contribution in [2.24, 2.45) is 5.41 Å². The Balaban J connectivity index is 4.87. The van der Waals surface area contributed by atoms with E-state index < -0.39 is 25.7 Å². The molecule has 0 amide bonds. The Bertz CT molecular complexity index is 726. The molecule has 0 atom stereocenters. The van der Waals surface area contributed by atoms with Crippen LogP contribution in [0, 0.1) is 5.41 Å². The zero-order chi connectivity index (χ0) is 30.7. The molecule has 0 heterocycles. The van der Waals surface area contributed by atoms with Crippen LogP contribution >= 0.6 is 0 Å². The van der Waals surface area contributed by atoms with E-state index in [-0.39, 0.29) is 79.3 Å². The molecule has 0 bridgehead atoms. The van der Waals surface area contributed by atoms with Crippen molar-refractivity contribution in [1.29, 1.82) is 0 Å². The molecule has 0 saturated heterocycles. The molecule has 0 aromatic heterocycles. The van der Waals surface area contributed by atoms with E-state index in [1.807, 2.05) is 13.8 Å². The third-order valence-electron chi connectivity index (χ3n) is 4.87. The lowest BCUT2D eigenvalue weighted by Gasteiger charge is -2.33. The van der Waals surface area contributed by atoms with Crippen LogP contribution in [0.25, 0.3) is 0 Å². The second kappa shape index (κ2) is 25.9. The fourth-order valence-electron chi connectivity index (χ4n) is 3.06. The summed E-state index contributed by atoms with van der Waals surface area (Å²) in [6.07, 6.45) is 3.80. The Morgan fingerprint density at radius 3 is 0.902 bits per heavy atom. The van der Waals surface area contributed by atoms with Crippen molar-refractivity contribution >= 4 is 20.2 Å². The Kier molecular flexibility index (Phi) is 25.6. The lowest BCUT2D eigenvalue weighted by atomic mass is 9.92. The van der Waals surface area contributed by atoms with Crippen molar-refractivity contribution in [3.8, 4) is 0 Å². The first-order valence-electron chi connectivity index (χ1n) is 13.8. The highest BCUT2D eigenvalue weighted by Crippen LogP contribution is 2.21. The molecule has 0 aromatic rings. The molecule has 0 saturated carbocycles. The Labute approximate surface area is 246 Å². The molecule has 0 rings (SSSR count). The molecule has 0 aliphatic rings. The van der Waals surface area contributed by atoms with Crippen molar-refractivity contribution in [3.63, 3.8) is 0 Å². The summed E-state index contributed by atoms with van der Waals surface area (Å²) in [5.74, 6) is 0. The van der Waals surface area contributed by atoms with Crippen LogP contribution in [0.4, 0.5) is 0 Å². The summed E-state index contributed by atoms with van der Waals surface area (Å²) >= 11 is 0. The van der Waals surface area contributed by atoms with Gasteiger partial charge in [0.1, 0.15) is 0 Å². The topological polar surface area (TPSA) is 161 Å². The van der Waals surface area contributed by atoms with E-state index in [4.69, 9.17) is 37.9 Å². The smallest absolute Gasteiger partial charge is 0.264 e. The van der Waals surface area contributed by atoms with Crippen LogP contribution in [0.15, 0.2) is 0 Å². The van der Waals surface area contributed by atoms with Crippen molar-refractivity contribution in [3.05, 3.63) is 0 Å². The largest absolute Gasteiger partial charge is 0.379 e. The first-order chi connectivity index (χ1) is 19.5. The van der Waals surface area contributed by atoms with Crippen molar-refractivity contribution in [2.45, 2.75) is 26.7 Å². The highest BCUT2D eigenvalue weighted by Gasteiger charge is 2.32. The molecular weight excluding hydrogens is 588 g/mol. The molecule has 14 nitrogen and oxygen atoms in total. The fourth-order valence-corrected chi connectivity index (χ4v) is 3.80. The minimum absolute atomic E-state index is 0.0685. The van der Waals surface area contributed by atoms with Crippen molar-refractivity contribution in [2.75, 3.05) is 131 Å². The maximum absolute atomic E-state index is 11.0. The Morgan fingerprint density at radius 2 is 0.634 bits per heavy atom. The van der Waals surface area contributed by atoms with Gasteiger partial charge in [0.2, 0.25) is 0 Å². The lowest BCUT2D eigenvalue weighted by molar-refractivity contribution is -0.121. The summed E-state index contributed by atoms with van der Waals surface area (Å²) in [6, 6.07) is 0. The SMILES string of the molecule is CCCOCCOCC(COCCOCCC)(COCCOCCOS(C)(=O)=O)COCCOCCOS(C)(=O)=O. The van der Waals surface area contributed by atoms with Crippen LogP contribution in [0.3, 0.4) is 0 Å². The molecule has 248 valence electrons. The van der Waals surface area contributed by atoms with E-state index in [1.54, 1.807) is 0 Å². The van der Waals surface area contributed by atoms with Gasteiger partial charge in [0.25, 0.3) is 20.2 Å². The predicted molar refractivity (Wildman–Crippen MR) is 151 cm³/mol. The Hall–Kier alpha value is -0.500. The van der Waals surface area contributed by atoms with Gasteiger partial charge in [-0.25, -0.2) is 0 Å². The molecule has 0 radical (unpaired) electrons. The van der Waals surface area contributed by atoms with Crippen molar-refractivity contribution in [1.82, 2.24) is 0 Å². The van der Waals surface area contributed by atoms with E-state index in [1.165, 1.54) is 0 Å². The highest BCUT2D eigenvalue weighted by atomic mass is 32.2. The minimum atomic E-state index is -3.51. The molecule has 0 aliphatic heterocycles. The van der Waals surface area contributed by atoms with Gasteiger partial charge < -0.3 is 37.9 Å². The quantitative estimate of drug-likeness (QED) is 0.0753. The third-order valence-corrected chi connectivity index (χ3v) is 6.06. The van der Waals surface area contributed by atoms with Crippen LogP contribution in [0.1, 0.15) is 26.7 Å². The van der Waals surface area contributed by atoms with Gasteiger partial charge in [0.05, 0.1) is 124 Å². The number of rotatable bonds is 32. The second-order valence-electron chi connectivity index (χ2n) is 9.21. The maximum atomic E-state index is 11.0. The van der Waals surface area contributed by atoms with E-state index in [0.717, 1.165) is 25.4 Å². The van der Waals surface area contributed by atoms with Crippen molar-refractivity contribution < 1.29 is 63.1 Å². The van der Waals surface area contributed by atoms with E-state index >= 15 is 0 Å². The second-order valence-corrected chi connectivity index (χ2v) is 12.5. The zero-order valence-electron chi connectivity index (χ0n) is 25.2. The highest BCUT2D eigenvalue weighted by molar-refractivity contribution is 7.86. The minimum Gasteiger partial charge on any atom is -0.379 e. The average Bonchev–Trinajstić information content (AvgIpc) is 2.90. The summed E-state index contributed by atoms with van der Waals surface area (Å²) in [5, 5.41) is 0. The predicted octanol–water partition coefficient (Wildman–Crippen LogP) is 0.878. The summed E-state index contributed by atoms with van der Waals surface area (Å²) in [5.41, 5.74) is -0.658. The Morgan fingerprint density at radius 1 is 0.390 bits per heavy atom. The van der Waals surface area contributed by atoms with Crippen LogP contribution in [0.5, 0.6) is 0 Å². The van der Waals surface area contributed by atoms with Gasteiger partial charge in [0.15, 0.2) is 0 Å². The van der Waals surface area contributed by atoms with E-state index in [9.17, 15) is 16.8 Å². The van der Waals surface area contributed by atoms with Gasteiger partial charge in [-0.3, -0.25) is 8.37 Å². The van der Waals surface area contributed by atoms with Gasteiger partial charge >= 0.3 is 0 Å². The van der Waals surface area contributed by atoms with Gasteiger partial charge in [-0.05, 0) is 12.8 Å². The molecule has 0 aliphatic carbocycles. The monoisotopic (exact) mass is 640 g/mol. The molecule has 16 heteroatoms. The molecule has 0 N–H and O–H groups in total. The standard InChI is InChI=1S/C25H52O14S2/c1-5-7-30-9-13-34-21-25(22-35-14-10-31-8-6-2,23-36-15-11-32-17-19-38-40(3,26)27)24-37-16-12-33-18-20-39-41(4,28)29/h5-24H2,1-4H3. The summed E-state index contributed by atoms with van der Waals surface area (Å²) in [4.78, 5) is 0. The van der Waals surface area contributed by atoms with Gasteiger partial charge in [0, 0.05) is 13.2 Å². The van der Waals surface area contributed by atoms with Gasteiger partial charge in [-0.2, -0.15) is 16.8 Å². The lowest BCUT2D eigenvalue weighted by Crippen LogP contribution is -2.43.